The third-order valence-electron chi connectivity index (χ3n) is 5.09. The van der Waals surface area contributed by atoms with Crippen molar-refractivity contribution in [2.24, 2.45) is 20.0 Å². The van der Waals surface area contributed by atoms with Crippen LogP contribution in [0.15, 0.2) is 33.9 Å². The SMILES string of the molecule is CC(C)C[C@H](C(=O)c1c(N)n(C)c(=O)n(C)c1=O)N1C(=O)c2ccccc2C1=O. The van der Waals surface area contributed by atoms with Crippen LogP contribution < -0.4 is 17.0 Å². The molecule has 1 aliphatic heterocycles. The Labute approximate surface area is 166 Å². The molecule has 2 heterocycles. The lowest BCUT2D eigenvalue weighted by Crippen LogP contribution is -2.49. The average Bonchev–Trinajstić information content (AvgIpc) is 2.94. The number of carbonyl (C=O) groups is 3. The van der Waals surface area contributed by atoms with E-state index in [0.29, 0.717) is 0 Å². The van der Waals surface area contributed by atoms with Gasteiger partial charge in [-0.25, -0.2) is 4.79 Å². The normalized spacial score (nSPS) is 14.4. The molecule has 2 amide bonds. The Bertz CT molecular complexity index is 1120. The molecule has 0 aliphatic carbocycles. The second-order valence-corrected chi connectivity index (χ2v) is 7.50. The molecule has 2 N–H and O–H groups in total. The van der Waals surface area contributed by atoms with Gasteiger partial charge >= 0.3 is 5.69 Å². The highest BCUT2D eigenvalue weighted by atomic mass is 16.2. The number of ketones is 1. The summed E-state index contributed by atoms with van der Waals surface area (Å²) in [5.74, 6) is -2.31. The maximum Gasteiger partial charge on any atom is 0.332 e. The number of Topliss-reactive ketones (excluding diaryl/α,β-unsaturated/α-hetero) is 1. The summed E-state index contributed by atoms with van der Waals surface area (Å²) in [5.41, 5.74) is 4.39. The topological polar surface area (TPSA) is 124 Å². The van der Waals surface area contributed by atoms with E-state index in [1.165, 1.54) is 26.2 Å². The van der Waals surface area contributed by atoms with Crippen LogP contribution in [0, 0.1) is 5.92 Å². The van der Waals surface area contributed by atoms with Gasteiger partial charge in [0.1, 0.15) is 17.4 Å². The summed E-state index contributed by atoms with van der Waals surface area (Å²) < 4.78 is 1.77. The fraction of sp³-hybridized carbons (Fsp3) is 0.350. The van der Waals surface area contributed by atoms with Gasteiger partial charge in [0.05, 0.1) is 11.1 Å². The van der Waals surface area contributed by atoms with Gasteiger partial charge in [0.25, 0.3) is 17.4 Å². The van der Waals surface area contributed by atoms with Crippen LogP contribution in [0.4, 0.5) is 5.82 Å². The third kappa shape index (κ3) is 3.08. The van der Waals surface area contributed by atoms with Gasteiger partial charge in [0.2, 0.25) is 0 Å². The summed E-state index contributed by atoms with van der Waals surface area (Å²) in [6.45, 7) is 3.67. The molecule has 0 saturated carbocycles. The van der Waals surface area contributed by atoms with Crippen molar-refractivity contribution in [3.05, 3.63) is 61.8 Å². The van der Waals surface area contributed by atoms with Crippen LogP contribution in [0.2, 0.25) is 0 Å². The maximum atomic E-state index is 13.4. The highest BCUT2D eigenvalue weighted by Gasteiger charge is 2.44. The van der Waals surface area contributed by atoms with E-state index >= 15 is 0 Å². The highest BCUT2D eigenvalue weighted by Crippen LogP contribution is 2.28. The van der Waals surface area contributed by atoms with E-state index in [1.807, 2.05) is 13.8 Å². The van der Waals surface area contributed by atoms with E-state index in [1.54, 1.807) is 12.1 Å². The van der Waals surface area contributed by atoms with Crippen molar-refractivity contribution < 1.29 is 14.4 Å². The molecule has 0 spiro atoms. The molecule has 1 aromatic heterocycles. The number of fused-ring (bicyclic) bond motifs is 1. The summed E-state index contributed by atoms with van der Waals surface area (Å²) in [5, 5.41) is 0. The lowest BCUT2D eigenvalue weighted by molar-refractivity contribution is 0.0520. The Kier molecular flexibility index (Phi) is 5.00. The van der Waals surface area contributed by atoms with Crippen LogP contribution in [0.5, 0.6) is 0 Å². The molecule has 152 valence electrons. The molecule has 1 aliphatic rings. The zero-order valence-corrected chi connectivity index (χ0v) is 16.6. The fourth-order valence-corrected chi connectivity index (χ4v) is 3.53. The van der Waals surface area contributed by atoms with Crippen LogP contribution in [0.3, 0.4) is 0 Å². The van der Waals surface area contributed by atoms with Gasteiger partial charge in [-0.05, 0) is 24.5 Å². The van der Waals surface area contributed by atoms with Crippen LogP contribution >= 0.6 is 0 Å². The Hall–Kier alpha value is -3.49. The van der Waals surface area contributed by atoms with Gasteiger partial charge in [-0.15, -0.1) is 0 Å². The predicted molar refractivity (Wildman–Crippen MR) is 106 cm³/mol. The summed E-state index contributed by atoms with van der Waals surface area (Å²) >= 11 is 0. The molecule has 0 radical (unpaired) electrons. The molecular formula is C20H22N4O5. The monoisotopic (exact) mass is 398 g/mol. The molecule has 1 atom stereocenters. The number of benzene rings is 1. The highest BCUT2D eigenvalue weighted by molar-refractivity contribution is 6.23. The molecule has 9 nitrogen and oxygen atoms in total. The number of amides is 2. The molecule has 0 bridgehead atoms. The number of aromatic nitrogens is 2. The standard InChI is InChI=1S/C20H22N4O5/c1-10(2)9-13(24-17(26)11-7-5-6-8-12(11)18(24)27)15(25)14-16(21)22(3)20(29)23(4)19(14)28/h5-8,10,13H,9,21H2,1-4H3/t13-/m1/s1. The summed E-state index contributed by atoms with van der Waals surface area (Å²) in [7, 11) is 2.58. The number of carbonyl (C=O) groups excluding carboxylic acids is 3. The van der Waals surface area contributed by atoms with Gasteiger partial charge < -0.3 is 5.73 Å². The van der Waals surface area contributed by atoms with Crippen molar-refractivity contribution in [3.63, 3.8) is 0 Å². The molecule has 1 aromatic carbocycles. The molecule has 0 saturated heterocycles. The first-order valence-corrected chi connectivity index (χ1v) is 9.14. The number of nitrogens with two attached hydrogens (primary N) is 1. The minimum atomic E-state index is -1.21. The van der Waals surface area contributed by atoms with Crippen LogP contribution in [0.1, 0.15) is 51.3 Å². The quantitative estimate of drug-likeness (QED) is 0.580. The molecule has 0 fully saturated rings. The van der Waals surface area contributed by atoms with Crippen molar-refractivity contribution in [2.45, 2.75) is 26.3 Å². The predicted octanol–water partition coefficient (Wildman–Crippen LogP) is 0.560. The first-order valence-electron chi connectivity index (χ1n) is 9.14. The summed E-state index contributed by atoms with van der Waals surface area (Å²) in [4.78, 5) is 64.8. The molecule has 29 heavy (non-hydrogen) atoms. The zero-order valence-electron chi connectivity index (χ0n) is 16.6. The first kappa shape index (κ1) is 20.2. The lowest BCUT2D eigenvalue weighted by atomic mass is 9.95. The van der Waals surface area contributed by atoms with Gasteiger partial charge in [0.15, 0.2) is 5.78 Å². The second-order valence-electron chi connectivity index (χ2n) is 7.50. The van der Waals surface area contributed by atoms with E-state index in [0.717, 1.165) is 14.0 Å². The lowest BCUT2D eigenvalue weighted by Gasteiger charge is -2.27. The van der Waals surface area contributed by atoms with E-state index in [9.17, 15) is 24.0 Å². The molecule has 0 unspecified atom stereocenters. The van der Waals surface area contributed by atoms with E-state index in [2.05, 4.69) is 0 Å². The minimum absolute atomic E-state index is 0.0640. The van der Waals surface area contributed by atoms with Crippen molar-refractivity contribution >= 4 is 23.4 Å². The van der Waals surface area contributed by atoms with E-state index in [4.69, 9.17) is 5.73 Å². The number of hydrogen-bond acceptors (Lipinski definition) is 6. The van der Waals surface area contributed by atoms with Gasteiger partial charge in [-0.1, -0.05) is 26.0 Å². The number of hydrogen-bond donors (Lipinski definition) is 1. The summed E-state index contributed by atoms with van der Waals surface area (Å²) in [6.07, 6.45) is 0.149. The first-order chi connectivity index (χ1) is 13.6. The summed E-state index contributed by atoms with van der Waals surface area (Å²) in [6, 6.07) is 5.09. The smallest absolute Gasteiger partial charge is 0.332 e. The average molecular weight is 398 g/mol. The van der Waals surface area contributed by atoms with E-state index in [-0.39, 0.29) is 29.3 Å². The Morgan fingerprint density at radius 2 is 1.48 bits per heavy atom. The minimum Gasteiger partial charge on any atom is -0.384 e. The molecule has 2 aromatic rings. The fourth-order valence-electron chi connectivity index (χ4n) is 3.53. The molecular weight excluding hydrogens is 376 g/mol. The van der Waals surface area contributed by atoms with Gasteiger partial charge in [-0.2, -0.15) is 0 Å². The largest absolute Gasteiger partial charge is 0.384 e. The number of anilines is 1. The molecule has 9 heteroatoms. The number of rotatable bonds is 5. The third-order valence-corrected chi connectivity index (χ3v) is 5.09. The maximum absolute atomic E-state index is 13.4. The number of nitrogens with zero attached hydrogens (tertiary/aromatic N) is 3. The Balaban J connectivity index is 2.17. The van der Waals surface area contributed by atoms with Crippen molar-refractivity contribution in [1.82, 2.24) is 14.0 Å². The van der Waals surface area contributed by atoms with Gasteiger partial charge in [0, 0.05) is 14.1 Å². The zero-order chi connectivity index (χ0) is 21.6. The van der Waals surface area contributed by atoms with Crippen molar-refractivity contribution in [2.75, 3.05) is 5.73 Å². The van der Waals surface area contributed by atoms with Crippen molar-refractivity contribution in [3.8, 4) is 0 Å². The van der Waals surface area contributed by atoms with E-state index < -0.39 is 40.5 Å². The van der Waals surface area contributed by atoms with Crippen LogP contribution in [-0.4, -0.2) is 37.7 Å². The second kappa shape index (κ2) is 7.16. The Morgan fingerprint density at radius 3 is 1.97 bits per heavy atom. The Morgan fingerprint density at radius 1 is 0.966 bits per heavy atom. The molecule has 3 rings (SSSR count). The van der Waals surface area contributed by atoms with Crippen LogP contribution in [-0.2, 0) is 14.1 Å². The number of imide groups is 1. The number of nitrogen functional groups attached to an aromatic ring is 1. The van der Waals surface area contributed by atoms with Crippen LogP contribution in [0.25, 0.3) is 0 Å². The van der Waals surface area contributed by atoms with Gasteiger partial charge in [-0.3, -0.25) is 33.2 Å². The van der Waals surface area contributed by atoms with Crippen molar-refractivity contribution in [1.29, 1.82) is 0 Å².